The molecule has 1 atom stereocenters. The standard InChI is InChI=1S/C12H11N3O3/c16-12(17)10-14-11(18-15-10)9-6-13-5-7-3-1-2-4-8(7)9/h1-4,9,13H,5-6H2,(H,16,17). The summed E-state index contributed by atoms with van der Waals surface area (Å²) in [4.78, 5) is 14.7. The Labute approximate surface area is 103 Å². The molecule has 18 heavy (non-hydrogen) atoms. The topological polar surface area (TPSA) is 88.2 Å². The molecule has 1 aliphatic rings. The highest BCUT2D eigenvalue weighted by Gasteiger charge is 2.27. The van der Waals surface area contributed by atoms with Gasteiger partial charge in [-0.1, -0.05) is 24.3 Å². The molecule has 92 valence electrons. The molecule has 0 saturated heterocycles. The molecule has 1 aliphatic heterocycles. The van der Waals surface area contributed by atoms with Crippen molar-refractivity contribution >= 4 is 5.97 Å². The highest BCUT2D eigenvalue weighted by Crippen LogP contribution is 2.28. The molecule has 2 N–H and O–H groups in total. The number of fused-ring (bicyclic) bond motifs is 1. The van der Waals surface area contributed by atoms with Crippen LogP contribution in [0.25, 0.3) is 0 Å². The van der Waals surface area contributed by atoms with Gasteiger partial charge in [0.05, 0.1) is 5.92 Å². The number of rotatable bonds is 2. The molecule has 0 spiro atoms. The van der Waals surface area contributed by atoms with E-state index in [2.05, 4.69) is 15.5 Å². The van der Waals surface area contributed by atoms with Gasteiger partial charge in [-0.25, -0.2) is 4.79 Å². The van der Waals surface area contributed by atoms with Crippen molar-refractivity contribution < 1.29 is 14.4 Å². The summed E-state index contributed by atoms with van der Waals surface area (Å²) < 4.78 is 5.04. The largest absolute Gasteiger partial charge is 0.475 e. The maximum atomic E-state index is 10.7. The number of carboxylic acids is 1. The van der Waals surface area contributed by atoms with Crippen LogP contribution in [0, 0.1) is 0 Å². The molecule has 6 heteroatoms. The van der Waals surface area contributed by atoms with Gasteiger partial charge in [0.2, 0.25) is 5.89 Å². The second-order valence-electron chi connectivity index (χ2n) is 4.14. The average molecular weight is 245 g/mol. The summed E-state index contributed by atoms with van der Waals surface area (Å²) in [5.74, 6) is -1.22. The Bertz CT molecular complexity index is 594. The third-order valence-corrected chi connectivity index (χ3v) is 3.03. The average Bonchev–Trinajstić information content (AvgIpc) is 2.87. The van der Waals surface area contributed by atoms with E-state index < -0.39 is 5.97 Å². The van der Waals surface area contributed by atoms with Crippen LogP contribution in [0.5, 0.6) is 0 Å². The lowest BCUT2D eigenvalue weighted by Crippen LogP contribution is -2.28. The van der Waals surface area contributed by atoms with Crippen molar-refractivity contribution in [3.63, 3.8) is 0 Å². The lowest BCUT2D eigenvalue weighted by molar-refractivity contribution is 0.0680. The van der Waals surface area contributed by atoms with Crippen LogP contribution in [0.4, 0.5) is 0 Å². The number of hydrogen-bond acceptors (Lipinski definition) is 5. The van der Waals surface area contributed by atoms with Gasteiger partial charge >= 0.3 is 5.97 Å². The molecule has 0 bridgehead atoms. The predicted molar refractivity (Wildman–Crippen MR) is 61.2 cm³/mol. The zero-order chi connectivity index (χ0) is 12.5. The number of benzene rings is 1. The SMILES string of the molecule is O=C(O)c1noc(C2CNCc3ccccc32)n1. The minimum Gasteiger partial charge on any atom is -0.475 e. The Hall–Kier alpha value is -2.21. The maximum absolute atomic E-state index is 10.7. The monoisotopic (exact) mass is 245 g/mol. The number of aromatic carboxylic acids is 1. The fourth-order valence-corrected chi connectivity index (χ4v) is 2.18. The molecule has 2 aromatic rings. The first-order chi connectivity index (χ1) is 8.75. The van der Waals surface area contributed by atoms with E-state index in [1.807, 2.05) is 24.3 Å². The summed E-state index contributed by atoms with van der Waals surface area (Å²) in [6, 6.07) is 7.96. The second-order valence-corrected chi connectivity index (χ2v) is 4.14. The van der Waals surface area contributed by atoms with Crippen molar-refractivity contribution in [2.75, 3.05) is 6.54 Å². The molecule has 0 aliphatic carbocycles. The third-order valence-electron chi connectivity index (χ3n) is 3.03. The molecule has 6 nitrogen and oxygen atoms in total. The lowest BCUT2D eigenvalue weighted by Gasteiger charge is -2.23. The number of hydrogen-bond donors (Lipinski definition) is 2. The van der Waals surface area contributed by atoms with Gasteiger partial charge in [0.15, 0.2) is 0 Å². The van der Waals surface area contributed by atoms with Gasteiger partial charge in [0.1, 0.15) is 0 Å². The van der Waals surface area contributed by atoms with Crippen LogP contribution in [0.2, 0.25) is 0 Å². The van der Waals surface area contributed by atoms with E-state index in [4.69, 9.17) is 9.63 Å². The van der Waals surface area contributed by atoms with Crippen molar-refractivity contribution in [3.05, 3.63) is 47.1 Å². The summed E-state index contributed by atoms with van der Waals surface area (Å²) in [5.41, 5.74) is 2.28. The van der Waals surface area contributed by atoms with Crippen LogP contribution < -0.4 is 5.32 Å². The zero-order valence-corrected chi connectivity index (χ0v) is 9.46. The molecule has 0 saturated carbocycles. The van der Waals surface area contributed by atoms with Gasteiger partial charge in [-0.15, -0.1) is 0 Å². The fourth-order valence-electron chi connectivity index (χ4n) is 2.18. The fraction of sp³-hybridized carbons (Fsp3) is 0.250. The summed E-state index contributed by atoms with van der Waals surface area (Å²) in [5, 5.41) is 15.5. The van der Waals surface area contributed by atoms with E-state index in [-0.39, 0.29) is 11.7 Å². The van der Waals surface area contributed by atoms with Gasteiger partial charge in [-0.3, -0.25) is 0 Å². The molecule has 3 rings (SSSR count). The Morgan fingerprint density at radius 2 is 2.28 bits per heavy atom. The lowest BCUT2D eigenvalue weighted by atomic mass is 9.91. The highest BCUT2D eigenvalue weighted by molar-refractivity contribution is 5.82. The third kappa shape index (κ3) is 1.76. The first kappa shape index (κ1) is 10.9. The van der Waals surface area contributed by atoms with Gasteiger partial charge < -0.3 is 14.9 Å². The molecule has 0 amide bonds. The predicted octanol–water partition coefficient (Wildman–Crippen LogP) is 1.00. The Morgan fingerprint density at radius 3 is 3.06 bits per heavy atom. The molecule has 1 aromatic heterocycles. The van der Waals surface area contributed by atoms with Gasteiger partial charge in [0.25, 0.3) is 5.82 Å². The van der Waals surface area contributed by atoms with E-state index in [1.165, 1.54) is 5.56 Å². The van der Waals surface area contributed by atoms with Crippen LogP contribution in [-0.2, 0) is 6.54 Å². The Balaban J connectivity index is 2.00. The molecular formula is C12H11N3O3. The molecule has 0 fully saturated rings. The molecular weight excluding hydrogens is 234 g/mol. The van der Waals surface area contributed by atoms with E-state index in [0.29, 0.717) is 12.4 Å². The van der Waals surface area contributed by atoms with Crippen LogP contribution in [-0.4, -0.2) is 27.8 Å². The van der Waals surface area contributed by atoms with E-state index in [9.17, 15) is 4.79 Å². The molecule has 2 heterocycles. The summed E-state index contributed by atoms with van der Waals surface area (Å²) in [6.07, 6.45) is 0. The number of carboxylic acid groups (broad SMARTS) is 1. The smallest absolute Gasteiger partial charge is 0.377 e. The minimum atomic E-state index is -1.18. The van der Waals surface area contributed by atoms with Crippen molar-refractivity contribution in [2.24, 2.45) is 0 Å². The van der Waals surface area contributed by atoms with Gasteiger partial charge in [-0.05, 0) is 16.3 Å². The maximum Gasteiger partial charge on any atom is 0.377 e. The quantitative estimate of drug-likeness (QED) is 0.820. The van der Waals surface area contributed by atoms with Crippen LogP contribution in [0.1, 0.15) is 33.6 Å². The Morgan fingerprint density at radius 1 is 1.44 bits per heavy atom. The number of carbonyl (C=O) groups is 1. The first-order valence-corrected chi connectivity index (χ1v) is 5.61. The Kier molecular flexibility index (Phi) is 2.56. The number of nitrogens with one attached hydrogen (secondary N) is 1. The minimum absolute atomic E-state index is 0.0875. The molecule has 0 radical (unpaired) electrons. The van der Waals surface area contributed by atoms with E-state index >= 15 is 0 Å². The van der Waals surface area contributed by atoms with Crippen molar-refractivity contribution in [1.82, 2.24) is 15.5 Å². The van der Waals surface area contributed by atoms with Gasteiger partial charge in [0, 0.05) is 13.1 Å². The van der Waals surface area contributed by atoms with E-state index in [0.717, 1.165) is 12.1 Å². The van der Waals surface area contributed by atoms with Crippen LogP contribution >= 0.6 is 0 Å². The number of aromatic nitrogens is 2. The summed E-state index contributed by atoms with van der Waals surface area (Å²) >= 11 is 0. The molecule has 1 unspecified atom stereocenters. The van der Waals surface area contributed by atoms with Crippen molar-refractivity contribution in [1.29, 1.82) is 0 Å². The second kappa shape index (κ2) is 4.23. The normalized spacial score (nSPS) is 18.3. The summed E-state index contributed by atoms with van der Waals surface area (Å²) in [6.45, 7) is 1.46. The van der Waals surface area contributed by atoms with Crippen LogP contribution in [0.3, 0.4) is 0 Å². The zero-order valence-electron chi connectivity index (χ0n) is 9.46. The van der Waals surface area contributed by atoms with Gasteiger partial charge in [-0.2, -0.15) is 4.98 Å². The number of nitrogens with zero attached hydrogens (tertiary/aromatic N) is 2. The first-order valence-electron chi connectivity index (χ1n) is 5.61. The van der Waals surface area contributed by atoms with Crippen LogP contribution in [0.15, 0.2) is 28.8 Å². The van der Waals surface area contributed by atoms with Crippen molar-refractivity contribution in [2.45, 2.75) is 12.5 Å². The highest BCUT2D eigenvalue weighted by atomic mass is 16.5. The molecule has 1 aromatic carbocycles. The van der Waals surface area contributed by atoms with Crippen molar-refractivity contribution in [3.8, 4) is 0 Å². The van der Waals surface area contributed by atoms with E-state index in [1.54, 1.807) is 0 Å². The summed E-state index contributed by atoms with van der Waals surface area (Å²) in [7, 11) is 0.